The maximum Gasteiger partial charge on any atom is 0.317 e. The molecule has 1 saturated carbocycles. The van der Waals surface area contributed by atoms with Crippen molar-refractivity contribution in [1.82, 2.24) is 24.9 Å². The van der Waals surface area contributed by atoms with Crippen LogP contribution in [0.15, 0.2) is 0 Å². The van der Waals surface area contributed by atoms with E-state index in [9.17, 15) is 44.4 Å². The third-order valence-electron chi connectivity index (χ3n) is 8.74. The molecule has 1 aliphatic carbocycles. The number of hydrogen-bond acceptors (Lipinski definition) is 14. The highest BCUT2D eigenvalue weighted by molar-refractivity contribution is 6.57. The number of rotatable bonds is 24. The van der Waals surface area contributed by atoms with Crippen LogP contribution in [0.3, 0.4) is 0 Å². The van der Waals surface area contributed by atoms with E-state index in [0.29, 0.717) is 78.8 Å². The van der Waals surface area contributed by atoms with E-state index < -0.39 is 30.0 Å². The summed E-state index contributed by atoms with van der Waals surface area (Å²) in [6.45, 7) is 4.19. The molecule has 2 radical (unpaired) electrons. The number of carboxylic acids is 2. The Morgan fingerprint density at radius 3 is 1.70 bits per heavy atom. The molecule has 17 nitrogen and oxygen atoms in total. The van der Waals surface area contributed by atoms with Gasteiger partial charge in [-0.1, -0.05) is 6.42 Å². The average Bonchev–Trinajstić information content (AvgIpc) is 3.00. The van der Waals surface area contributed by atoms with Gasteiger partial charge >= 0.3 is 11.9 Å². The number of β-amino-alcohol motifs (C(OH)–C–C–N with tert-alkyl or cyclic N) is 2. The lowest BCUT2D eigenvalue weighted by Crippen LogP contribution is -2.53. The first-order chi connectivity index (χ1) is 23.9. The van der Waals surface area contributed by atoms with Crippen molar-refractivity contribution in [2.45, 2.75) is 50.9 Å². The van der Waals surface area contributed by atoms with Crippen LogP contribution in [0, 0.1) is 5.92 Å². The molecule has 18 heteroatoms. The van der Waals surface area contributed by atoms with Gasteiger partial charge in [-0.25, -0.2) is 0 Å². The van der Waals surface area contributed by atoms with Crippen LogP contribution >= 0.6 is 0 Å². The Morgan fingerprint density at radius 2 is 1.20 bits per heavy atom. The van der Waals surface area contributed by atoms with Gasteiger partial charge in [-0.05, 0) is 19.3 Å². The van der Waals surface area contributed by atoms with E-state index in [4.69, 9.17) is 22.1 Å². The summed E-state index contributed by atoms with van der Waals surface area (Å²) in [5, 5.41) is 41.2. The molecule has 5 N–H and O–H groups in total. The zero-order valence-corrected chi connectivity index (χ0v) is 29.1. The zero-order valence-electron chi connectivity index (χ0n) is 29.1. The monoisotopic (exact) mass is 713 g/mol. The zero-order chi connectivity index (χ0) is 36.7. The SMILES string of the molecule is [B]C(=O)CCOCCOCCOCCNC(=O)CCC(C(=O)C1CCC1)N1CCN(CC(=O)O)CCN(CC(=O)O)CCN(CC(O)O)CC1. The van der Waals surface area contributed by atoms with Crippen molar-refractivity contribution in [3.05, 3.63) is 0 Å². The summed E-state index contributed by atoms with van der Waals surface area (Å²) in [6, 6.07) is -0.585. The summed E-state index contributed by atoms with van der Waals surface area (Å²) in [5.41, 5.74) is -0.424. The van der Waals surface area contributed by atoms with Crippen LogP contribution in [0.1, 0.15) is 38.5 Å². The largest absolute Gasteiger partial charge is 0.480 e. The number of ether oxygens (including phenoxy) is 3. The summed E-state index contributed by atoms with van der Waals surface area (Å²) in [5.74, 6) is -2.30. The maximum absolute atomic E-state index is 13.8. The number of hydrogen-bond donors (Lipinski definition) is 5. The van der Waals surface area contributed by atoms with E-state index in [2.05, 4.69) is 5.32 Å². The van der Waals surface area contributed by atoms with E-state index in [-0.39, 0.29) is 76.3 Å². The number of ketones is 1. The number of aliphatic hydroxyl groups is 2. The summed E-state index contributed by atoms with van der Waals surface area (Å²) >= 11 is 0. The number of carboxylic acid groups (broad SMARTS) is 2. The van der Waals surface area contributed by atoms with Gasteiger partial charge in [-0.15, -0.1) is 0 Å². The topological polar surface area (TPSA) is 219 Å². The standard InChI is InChI=1S/C32H56BN5O12/c33-27(39)6-16-48-18-20-50-21-19-49-17-7-34-28(40)5-4-26(32(47)25-2-1-3-25)38-14-12-36(23-30(43)44)10-8-35(22-29(41)42)9-11-37(13-15-38)24-31(45)46/h25-26,30,43-44H,1-24H2,(H,34,40)(H,41,42)(H,45,46). The second-order valence-corrected chi connectivity index (χ2v) is 12.6. The predicted octanol–water partition coefficient (Wildman–Crippen LogP) is -2.54. The van der Waals surface area contributed by atoms with Gasteiger partial charge in [0.15, 0.2) is 19.9 Å². The number of carbonyl (C=O) groups excluding carboxylic acids is 3. The summed E-state index contributed by atoms with van der Waals surface area (Å²) in [6.07, 6.45) is 1.44. The van der Waals surface area contributed by atoms with Crippen molar-refractivity contribution in [3.63, 3.8) is 0 Å². The molecule has 1 amide bonds. The fourth-order valence-corrected chi connectivity index (χ4v) is 5.78. The van der Waals surface area contributed by atoms with Gasteiger partial charge in [-0.3, -0.25) is 38.8 Å². The molecule has 0 aromatic rings. The Kier molecular flexibility index (Phi) is 22.2. The number of aliphatic hydroxyl groups excluding tert-OH is 1. The van der Waals surface area contributed by atoms with E-state index in [1.54, 1.807) is 9.80 Å². The molecule has 1 atom stereocenters. The first-order valence-electron chi connectivity index (χ1n) is 17.5. The lowest BCUT2D eigenvalue weighted by atomic mass is 9.78. The third-order valence-corrected chi connectivity index (χ3v) is 8.74. The molecular formula is C32H56BN5O12. The first-order valence-corrected chi connectivity index (χ1v) is 17.5. The minimum Gasteiger partial charge on any atom is -0.480 e. The van der Waals surface area contributed by atoms with Crippen LogP contribution in [-0.4, -0.2) is 208 Å². The maximum atomic E-state index is 13.8. The second kappa shape index (κ2) is 25.4. The number of amides is 1. The van der Waals surface area contributed by atoms with Gasteiger partial charge < -0.3 is 44.7 Å². The van der Waals surface area contributed by atoms with E-state index in [1.165, 1.54) is 0 Å². The fraction of sp³-hybridized carbons (Fsp3) is 0.844. The Labute approximate surface area is 295 Å². The molecule has 0 spiro atoms. The van der Waals surface area contributed by atoms with E-state index >= 15 is 0 Å². The lowest BCUT2D eigenvalue weighted by molar-refractivity contribution is -0.140. The molecule has 284 valence electrons. The highest BCUT2D eigenvalue weighted by atomic mass is 16.5. The van der Waals surface area contributed by atoms with Crippen molar-refractivity contribution in [3.8, 4) is 0 Å². The molecule has 1 aliphatic heterocycles. The van der Waals surface area contributed by atoms with Crippen molar-refractivity contribution < 1.29 is 58.6 Å². The molecule has 0 bridgehead atoms. The highest BCUT2D eigenvalue weighted by Crippen LogP contribution is 2.30. The third kappa shape index (κ3) is 19.7. The number of carbonyl (C=O) groups is 5. The average molecular weight is 714 g/mol. The molecule has 1 saturated heterocycles. The predicted molar refractivity (Wildman–Crippen MR) is 181 cm³/mol. The number of nitrogens with zero attached hydrogens (tertiary/aromatic N) is 4. The summed E-state index contributed by atoms with van der Waals surface area (Å²) in [4.78, 5) is 67.6. The molecule has 1 unspecified atom stereocenters. The van der Waals surface area contributed by atoms with Crippen LogP contribution in [0.25, 0.3) is 0 Å². The smallest absolute Gasteiger partial charge is 0.317 e. The van der Waals surface area contributed by atoms with Gasteiger partial charge in [0.25, 0.3) is 0 Å². The van der Waals surface area contributed by atoms with E-state index in [1.807, 2.05) is 9.80 Å². The fourth-order valence-electron chi connectivity index (χ4n) is 5.78. The van der Waals surface area contributed by atoms with Gasteiger partial charge in [-0.2, -0.15) is 0 Å². The van der Waals surface area contributed by atoms with Crippen LogP contribution in [0.2, 0.25) is 0 Å². The first kappa shape index (κ1) is 43.6. The number of aliphatic carboxylic acids is 2. The van der Waals surface area contributed by atoms with E-state index in [0.717, 1.165) is 19.3 Å². The molecule has 1 heterocycles. The minimum absolute atomic E-state index is 0.0592. The van der Waals surface area contributed by atoms with Crippen LogP contribution in [0.5, 0.6) is 0 Å². The molecule has 0 aromatic carbocycles. The molecule has 2 rings (SSSR count). The molecule has 50 heavy (non-hydrogen) atoms. The molecule has 2 aliphatic rings. The Hall–Kier alpha value is -2.55. The summed E-state index contributed by atoms with van der Waals surface area (Å²) < 4.78 is 16.1. The van der Waals surface area contributed by atoms with Crippen molar-refractivity contribution in [1.29, 1.82) is 0 Å². The Morgan fingerprint density at radius 1 is 0.700 bits per heavy atom. The van der Waals surface area contributed by atoms with Crippen molar-refractivity contribution >= 4 is 37.2 Å². The van der Waals surface area contributed by atoms with Gasteiger partial charge in [0, 0.05) is 84.2 Å². The second-order valence-electron chi connectivity index (χ2n) is 12.6. The van der Waals surface area contributed by atoms with Gasteiger partial charge in [0.2, 0.25) is 5.91 Å². The van der Waals surface area contributed by atoms with Crippen molar-refractivity contribution in [2.75, 3.05) is 118 Å². The normalized spacial score (nSPS) is 18.5. The van der Waals surface area contributed by atoms with Crippen LogP contribution < -0.4 is 5.32 Å². The molecule has 2 fully saturated rings. The highest BCUT2D eigenvalue weighted by Gasteiger charge is 2.35. The minimum atomic E-state index is -1.61. The van der Waals surface area contributed by atoms with Crippen LogP contribution in [0.4, 0.5) is 0 Å². The quantitative estimate of drug-likeness (QED) is 0.0395. The van der Waals surface area contributed by atoms with Gasteiger partial charge in [0.1, 0.15) is 0 Å². The number of nitrogens with one attached hydrogen (secondary N) is 1. The summed E-state index contributed by atoms with van der Waals surface area (Å²) in [7, 11) is 5.04. The van der Waals surface area contributed by atoms with Crippen molar-refractivity contribution in [2.24, 2.45) is 5.92 Å². The Bertz CT molecular complexity index is 1040. The van der Waals surface area contributed by atoms with Gasteiger partial charge in [0.05, 0.1) is 64.5 Å². The lowest BCUT2D eigenvalue weighted by Gasteiger charge is -2.38. The van der Waals surface area contributed by atoms with Crippen LogP contribution in [-0.2, 0) is 38.2 Å². The Balaban J connectivity index is 1.96. The molecular weight excluding hydrogens is 657 g/mol. The molecule has 0 aromatic heterocycles. The number of Topliss-reactive ketones (excluding diaryl/α,β-unsaturated/α-hetero) is 1.